The highest BCUT2D eigenvalue weighted by atomic mass is 15.3. The third kappa shape index (κ3) is 4.84. The van der Waals surface area contributed by atoms with Crippen LogP contribution in [-0.4, -0.2) is 33.8 Å². The van der Waals surface area contributed by atoms with E-state index >= 15 is 0 Å². The summed E-state index contributed by atoms with van der Waals surface area (Å²) >= 11 is 0. The van der Waals surface area contributed by atoms with Crippen molar-refractivity contribution in [2.45, 2.75) is 33.2 Å². The summed E-state index contributed by atoms with van der Waals surface area (Å²) in [7, 11) is 1.87. The molecule has 0 spiro atoms. The minimum absolute atomic E-state index is 0.540. The van der Waals surface area contributed by atoms with Gasteiger partial charge >= 0.3 is 0 Å². The molecule has 0 aliphatic rings. The fourth-order valence-electron chi connectivity index (χ4n) is 1.34. The topological polar surface area (TPSA) is 67.1 Å². The van der Waals surface area contributed by atoms with E-state index < -0.39 is 0 Å². The Morgan fingerprint density at radius 1 is 1.41 bits per heavy atom. The number of nitrogens with zero attached hydrogens (tertiary/aromatic N) is 4. The summed E-state index contributed by atoms with van der Waals surface area (Å²) < 4.78 is 1.74. The van der Waals surface area contributed by atoms with Gasteiger partial charge in [-0.3, -0.25) is 4.68 Å². The van der Waals surface area contributed by atoms with E-state index in [0.29, 0.717) is 6.54 Å². The van der Waals surface area contributed by atoms with E-state index in [-0.39, 0.29) is 0 Å². The summed E-state index contributed by atoms with van der Waals surface area (Å²) in [6.45, 7) is 6.57. The first-order valence-corrected chi connectivity index (χ1v) is 6.13. The number of unbranched alkanes of at least 4 members (excludes halogenated alkanes) is 1. The van der Waals surface area contributed by atoms with Crippen LogP contribution in [0, 0.1) is 0 Å². The maximum atomic E-state index is 4.46. The Labute approximate surface area is 103 Å². The van der Waals surface area contributed by atoms with E-state index in [1.54, 1.807) is 11.0 Å². The van der Waals surface area contributed by atoms with Crippen LogP contribution < -0.4 is 10.6 Å². The number of aromatic nitrogens is 3. The highest BCUT2D eigenvalue weighted by Crippen LogP contribution is 1.93. The van der Waals surface area contributed by atoms with Crippen LogP contribution in [-0.2, 0) is 13.6 Å². The molecule has 0 radical (unpaired) electrons. The first-order chi connectivity index (χ1) is 8.27. The molecular weight excluding hydrogens is 216 g/mol. The van der Waals surface area contributed by atoms with Gasteiger partial charge in [0, 0.05) is 20.1 Å². The van der Waals surface area contributed by atoms with Crippen LogP contribution in [0.5, 0.6) is 0 Å². The quantitative estimate of drug-likeness (QED) is 0.434. The standard InChI is InChI=1S/C11H22N6/c1-4-6-7-13-11(12-5-2)14-8-10-15-9-16-17(10)3/h9H,4-8H2,1-3H3,(H2,12,13,14). The third-order valence-corrected chi connectivity index (χ3v) is 2.35. The molecule has 0 saturated heterocycles. The Morgan fingerprint density at radius 3 is 2.82 bits per heavy atom. The van der Waals surface area contributed by atoms with Crippen LogP contribution >= 0.6 is 0 Å². The van der Waals surface area contributed by atoms with Gasteiger partial charge in [-0.1, -0.05) is 13.3 Å². The highest BCUT2D eigenvalue weighted by molar-refractivity contribution is 5.79. The lowest BCUT2D eigenvalue weighted by Gasteiger charge is -2.10. The Balaban J connectivity index is 2.48. The molecule has 0 aliphatic carbocycles. The molecule has 0 amide bonds. The number of guanidine groups is 1. The number of aliphatic imine (C=N–C) groups is 1. The van der Waals surface area contributed by atoms with Crippen molar-refractivity contribution < 1.29 is 0 Å². The molecule has 2 N–H and O–H groups in total. The Kier molecular flexibility index (Phi) is 6.06. The smallest absolute Gasteiger partial charge is 0.191 e. The maximum absolute atomic E-state index is 4.46. The molecule has 0 aliphatic heterocycles. The molecule has 6 heteroatoms. The summed E-state index contributed by atoms with van der Waals surface area (Å²) in [5.41, 5.74) is 0. The number of aryl methyl sites for hydroxylation is 1. The molecule has 0 fully saturated rings. The van der Waals surface area contributed by atoms with Crippen LogP contribution in [0.15, 0.2) is 11.3 Å². The van der Waals surface area contributed by atoms with Gasteiger partial charge in [0.2, 0.25) is 0 Å². The molecule has 0 atom stereocenters. The first-order valence-electron chi connectivity index (χ1n) is 6.13. The SMILES string of the molecule is CCCCNC(=NCc1ncnn1C)NCC. The van der Waals surface area contributed by atoms with Crippen LogP contribution in [0.1, 0.15) is 32.5 Å². The lowest BCUT2D eigenvalue weighted by Crippen LogP contribution is -2.37. The van der Waals surface area contributed by atoms with Crippen LogP contribution in [0.2, 0.25) is 0 Å². The average Bonchev–Trinajstić information content (AvgIpc) is 2.72. The van der Waals surface area contributed by atoms with Crippen LogP contribution in [0.3, 0.4) is 0 Å². The third-order valence-electron chi connectivity index (χ3n) is 2.35. The molecule has 1 aromatic rings. The zero-order valence-corrected chi connectivity index (χ0v) is 10.9. The minimum Gasteiger partial charge on any atom is -0.357 e. The van der Waals surface area contributed by atoms with Crippen molar-refractivity contribution in [3.63, 3.8) is 0 Å². The van der Waals surface area contributed by atoms with Gasteiger partial charge in [-0.2, -0.15) is 5.10 Å². The molecule has 0 bridgehead atoms. The molecule has 1 heterocycles. The molecule has 6 nitrogen and oxygen atoms in total. The van der Waals surface area contributed by atoms with Gasteiger partial charge in [0.1, 0.15) is 18.7 Å². The Bertz CT molecular complexity index is 343. The van der Waals surface area contributed by atoms with Gasteiger partial charge in [0.15, 0.2) is 5.96 Å². The van der Waals surface area contributed by atoms with Crippen LogP contribution in [0.25, 0.3) is 0 Å². The van der Waals surface area contributed by atoms with Crippen molar-refractivity contribution in [2.75, 3.05) is 13.1 Å². The fourth-order valence-corrected chi connectivity index (χ4v) is 1.34. The lowest BCUT2D eigenvalue weighted by molar-refractivity contribution is 0.692. The van der Waals surface area contributed by atoms with Gasteiger partial charge in [-0.05, 0) is 13.3 Å². The summed E-state index contributed by atoms with van der Waals surface area (Å²) in [5.74, 6) is 1.70. The predicted molar refractivity (Wildman–Crippen MR) is 68.7 cm³/mol. The lowest BCUT2D eigenvalue weighted by atomic mass is 10.3. The number of nitrogens with one attached hydrogen (secondary N) is 2. The summed E-state index contributed by atoms with van der Waals surface area (Å²) in [4.78, 5) is 8.59. The van der Waals surface area contributed by atoms with Gasteiger partial charge < -0.3 is 10.6 Å². The molecular formula is C11H22N6. The zero-order valence-electron chi connectivity index (χ0n) is 10.9. The van der Waals surface area contributed by atoms with Crippen molar-refractivity contribution in [3.8, 4) is 0 Å². The van der Waals surface area contributed by atoms with Crippen molar-refractivity contribution in [3.05, 3.63) is 12.2 Å². The second-order valence-corrected chi connectivity index (χ2v) is 3.78. The number of rotatable bonds is 6. The first kappa shape index (κ1) is 13.5. The van der Waals surface area contributed by atoms with Gasteiger partial charge in [0.05, 0.1) is 0 Å². The van der Waals surface area contributed by atoms with Crippen molar-refractivity contribution in [2.24, 2.45) is 12.0 Å². The van der Waals surface area contributed by atoms with Gasteiger partial charge in [-0.15, -0.1) is 0 Å². The van der Waals surface area contributed by atoms with E-state index in [9.17, 15) is 0 Å². The molecule has 1 rings (SSSR count). The second kappa shape index (κ2) is 7.65. The molecule has 0 aromatic carbocycles. The van der Waals surface area contributed by atoms with Crippen LogP contribution in [0.4, 0.5) is 0 Å². The van der Waals surface area contributed by atoms with Gasteiger partial charge in [-0.25, -0.2) is 9.98 Å². The monoisotopic (exact) mass is 238 g/mol. The van der Waals surface area contributed by atoms with E-state index in [4.69, 9.17) is 0 Å². The predicted octanol–water partition coefficient (Wildman–Crippen LogP) is 0.670. The van der Waals surface area contributed by atoms with Crippen molar-refractivity contribution in [1.82, 2.24) is 25.4 Å². The Hall–Kier alpha value is -1.59. The van der Waals surface area contributed by atoms with Crippen molar-refractivity contribution >= 4 is 5.96 Å². The summed E-state index contributed by atoms with van der Waals surface area (Å²) in [6, 6.07) is 0. The molecule has 1 aromatic heterocycles. The van der Waals surface area contributed by atoms with E-state index in [2.05, 4.69) is 39.6 Å². The summed E-state index contributed by atoms with van der Waals surface area (Å²) in [6.07, 6.45) is 3.87. The molecule has 17 heavy (non-hydrogen) atoms. The molecule has 0 unspecified atom stereocenters. The van der Waals surface area contributed by atoms with Gasteiger partial charge in [0.25, 0.3) is 0 Å². The zero-order chi connectivity index (χ0) is 12.5. The fraction of sp³-hybridized carbons (Fsp3) is 0.727. The minimum atomic E-state index is 0.540. The highest BCUT2D eigenvalue weighted by Gasteiger charge is 2.00. The summed E-state index contributed by atoms with van der Waals surface area (Å²) in [5, 5.41) is 10.5. The molecule has 0 saturated carbocycles. The number of hydrogen-bond donors (Lipinski definition) is 2. The van der Waals surface area contributed by atoms with E-state index in [0.717, 1.165) is 31.3 Å². The van der Waals surface area contributed by atoms with E-state index in [1.807, 2.05) is 7.05 Å². The maximum Gasteiger partial charge on any atom is 0.191 e. The average molecular weight is 238 g/mol. The van der Waals surface area contributed by atoms with E-state index in [1.165, 1.54) is 6.42 Å². The normalized spacial score (nSPS) is 11.6. The second-order valence-electron chi connectivity index (χ2n) is 3.78. The molecule has 96 valence electrons. The Morgan fingerprint density at radius 2 is 2.24 bits per heavy atom. The largest absolute Gasteiger partial charge is 0.357 e. The van der Waals surface area contributed by atoms with Crippen molar-refractivity contribution in [1.29, 1.82) is 0 Å². The number of hydrogen-bond acceptors (Lipinski definition) is 3.